The van der Waals surface area contributed by atoms with Crippen LogP contribution in [0.2, 0.25) is 0 Å². The molecule has 1 N–H and O–H groups in total. The predicted octanol–water partition coefficient (Wildman–Crippen LogP) is 3.04. The van der Waals surface area contributed by atoms with Crippen LogP contribution in [0, 0.1) is 6.92 Å². The highest BCUT2D eigenvalue weighted by atomic mass is 32.2. The predicted molar refractivity (Wildman–Crippen MR) is 95.8 cm³/mol. The van der Waals surface area contributed by atoms with Crippen molar-refractivity contribution in [3.63, 3.8) is 0 Å². The molecule has 0 spiro atoms. The Morgan fingerprint density at radius 1 is 1.29 bits per heavy atom. The molecule has 2 aromatic rings. The van der Waals surface area contributed by atoms with E-state index in [4.69, 9.17) is 0 Å². The number of rotatable bonds is 2. The topological polar surface area (TPSA) is 81.1 Å². The van der Waals surface area contributed by atoms with Crippen LogP contribution in [-0.4, -0.2) is 35.6 Å². The van der Waals surface area contributed by atoms with E-state index in [1.807, 2.05) is 0 Å². The minimum absolute atomic E-state index is 0.00378. The number of fused-ring (bicyclic) bond motifs is 1. The molecule has 10 heteroatoms. The van der Waals surface area contributed by atoms with Gasteiger partial charge in [-0.3, -0.25) is 4.79 Å². The van der Waals surface area contributed by atoms with Crippen LogP contribution in [0.1, 0.15) is 47.2 Å². The zero-order chi connectivity index (χ0) is 20.3. The number of halogens is 3. The van der Waals surface area contributed by atoms with Gasteiger partial charge in [0.1, 0.15) is 5.82 Å². The number of sulfone groups is 1. The second-order valence-electron chi connectivity index (χ2n) is 7.28. The normalized spacial score (nSPS) is 24.1. The van der Waals surface area contributed by atoms with Crippen LogP contribution in [-0.2, 0) is 20.8 Å². The molecule has 0 unspecified atom stereocenters. The summed E-state index contributed by atoms with van der Waals surface area (Å²) in [5.41, 5.74) is 0.821. The Balaban J connectivity index is 1.79. The van der Waals surface area contributed by atoms with Crippen molar-refractivity contribution in [1.29, 1.82) is 0 Å². The van der Waals surface area contributed by atoms with Gasteiger partial charge in [0.15, 0.2) is 9.84 Å². The van der Waals surface area contributed by atoms with Crippen molar-refractivity contribution in [2.45, 2.75) is 37.9 Å². The van der Waals surface area contributed by atoms with E-state index in [1.165, 1.54) is 10.7 Å². The van der Waals surface area contributed by atoms with E-state index in [1.54, 1.807) is 13.0 Å². The Labute approximate surface area is 159 Å². The molecule has 1 saturated heterocycles. The highest BCUT2D eigenvalue weighted by Crippen LogP contribution is 2.42. The highest BCUT2D eigenvalue weighted by molar-refractivity contribution is 7.91. The van der Waals surface area contributed by atoms with E-state index < -0.39 is 33.5 Å². The van der Waals surface area contributed by atoms with Crippen molar-refractivity contribution in [1.82, 2.24) is 9.78 Å². The number of amides is 1. The van der Waals surface area contributed by atoms with Crippen molar-refractivity contribution in [2.75, 3.05) is 16.8 Å². The Morgan fingerprint density at radius 3 is 2.68 bits per heavy atom. The number of nitrogens with zero attached hydrogens (tertiary/aromatic N) is 2. The van der Waals surface area contributed by atoms with Crippen LogP contribution in [0.15, 0.2) is 24.3 Å². The Kier molecular flexibility index (Phi) is 4.29. The van der Waals surface area contributed by atoms with E-state index in [-0.39, 0.29) is 23.8 Å². The number of hydrogen-bond donors (Lipinski definition) is 1. The van der Waals surface area contributed by atoms with Crippen LogP contribution >= 0.6 is 0 Å². The fourth-order valence-electron chi connectivity index (χ4n) is 4.02. The molecule has 0 radical (unpaired) electrons. The van der Waals surface area contributed by atoms with Gasteiger partial charge in [-0.15, -0.1) is 0 Å². The van der Waals surface area contributed by atoms with Gasteiger partial charge in [-0.05, 0) is 25.0 Å². The van der Waals surface area contributed by atoms with Crippen molar-refractivity contribution in [3.8, 4) is 0 Å². The molecule has 2 aliphatic heterocycles. The maximum Gasteiger partial charge on any atom is 0.416 e. The highest BCUT2D eigenvalue weighted by Gasteiger charge is 2.38. The summed E-state index contributed by atoms with van der Waals surface area (Å²) in [4.78, 5) is 12.3. The second kappa shape index (κ2) is 6.33. The first-order valence-corrected chi connectivity index (χ1v) is 10.6. The summed E-state index contributed by atoms with van der Waals surface area (Å²) in [6.07, 6.45) is -4.09. The molecule has 1 aromatic carbocycles. The number of benzene rings is 1. The Hall–Kier alpha value is -2.36. The first-order chi connectivity index (χ1) is 13.0. The van der Waals surface area contributed by atoms with Gasteiger partial charge < -0.3 is 5.32 Å². The van der Waals surface area contributed by atoms with Gasteiger partial charge in [-0.2, -0.15) is 18.3 Å². The third-order valence-electron chi connectivity index (χ3n) is 5.30. The first-order valence-electron chi connectivity index (χ1n) is 8.81. The molecule has 28 heavy (non-hydrogen) atoms. The largest absolute Gasteiger partial charge is 0.416 e. The lowest BCUT2D eigenvalue weighted by Gasteiger charge is -2.26. The number of nitrogens with one attached hydrogen (secondary N) is 1. The maximum absolute atomic E-state index is 13.1. The molecule has 0 aliphatic carbocycles. The van der Waals surface area contributed by atoms with E-state index >= 15 is 0 Å². The van der Waals surface area contributed by atoms with E-state index in [9.17, 15) is 26.4 Å². The Morgan fingerprint density at radius 2 is 2.04 bits per heavy atom. The third-order valence-corrected chi connectivity index (χ3v) is 7.05. The van der Waals surface area contributed by atoms with Gasteiger partial charge in [0, 0.05) is 17.9 Å². The third kappa shape index (κ3) is 3.30. The lowest BCUT2D eigenvalue weighted by molar-refractivity contribution is -0.137. The molecule has 1 aromatic heterocycles. The lowest BCUT2D eigenvalue weighted by atomic mass is 9.85. The van der Waals surface area contributed by atoms with E-state index in [0.717, 1.165) is 12.1 Å². The van der Waals surface area contributed by atoms with E-state index in [0.29, 0.717) is 29.1 Å². The van der Waals surface area contributed by atoms with E-state index in [2.05, 4.69) is 10.4 Å². The van der Waals surface area contributed by atoms with Crippen LogP contribution in [0.3, 0.4) is 0 Å². The van der Waals surface area contributed by atoms with Gasteiger partial charge in [-0.25, -0.2) is 13.1 Å². The number of hydrogen-bond acceptors (Lipinski definition) is 4. The number of alkyl halides is 3. The summed E-state index contributed by atoms with van der Waals surface area (Å²) in [6, 6.07) is 4.55. The Bertz CT molecular complexity index is 1060. The van der Waals surface area contributed by atoms with Gasteiger partial charge >= 0.3 is 6.18 Å². The number of carbonyl (C=O) groups excluding carboxylic acids is 1. The number of aromatic nitrogens is 2. The molecule has 4 rings (SSSR count). The summed E-state index contributed by atoms with van der Waals surface area (Å²) in [5, 5.41) is 7.18. The molecule has 6 nitrogen and oxygen atoms in total. The molecule has 2 aliphatic rings. The summed E-state index contributed by atoms with van der Waals surface area (Å²) >= 11 is 0. The molecule has 1 fully saturated rings. The van der Waals surface area contributed by atoms with Gasteiger partial charge in [0.05, 0.1) is 28.8 Å². The van der Waals surface area contributed by atoms with Crippen molar-refractivity contribution in [3.05, 3.63) is 46.6 Å². The zero-order valence-electron chi connectivity index (χ0n) is 15.0. The fraction of sp³-hybridized carbons (Fsp3) is 0.444. The SMILES string of the molecule is Cc1nn([C@H]2CCS(=O)(=O)C2)c2c1[C@@H](c1cccc(C(F)(F)F)c1)CC(=O)N2. The summed E-state index contributed by atoms with van der Waals surface area (Å²) in [5.74, 6) is -0.533. The summed E-state index contributed by atoms with van der Waals surface area (Å²) in [6.45, 7) is 1.72. The van der Waals surface area contributed by atoms with Crippen LogP contribution in [0.5, 0.6) is 0 Å². The molecule has 0 bridgehead atoms. The summed E-state index contributed by atoms with van der Waals surface area (Å²) < 4.78 is 64.5. The average Bonchev–Trinajstić information content (AvgIpc) is 3.13. The van der Waals surface area contributed by atoms with Crippen LogP contribution in [0.25, 0.3) is 0 Å². The number of carbonyl (C=O) groups is 1. The van der Waals surface area contributed by atoms with Gasteiger partial charge in [0.25, 0.3) is 0 Å². The van der Waals surface area contributed by atoms with Gasteiger partial charge in [0.2, 0.25) is 5.91 Å². The van der Waals surface area contributed by atoms with Crippen LogP contribution in [0.4, 0.5) is 19.0 Å². The summed E-state index contributed by atoms with van der Waals surface area (Å²) in [7, 11) is -3.16. The van der Waals surface area contributed by atoms with Crippen LogP contribution < -0.4 is 5.32 Å². The lowest BCUT2D eigenvalue weighted by Crippen LogP contribution is -2.26. The first kappa shape index (κ1) is 19.0. The quantitative estimate of drug-likeness (QED) is 0.821. The molecule has 1 amide bonds. The minimum Gasteiger partial charge on any atom is -0.311 e. The fourth-order valence-corrected chi connectivity index (χ4v) is 5.71. The molecule has 150 valence electrons. The molecule has 2 atom stereocenters. The number of aryl methyl sites for hydroxylation is 1. The second-order valence-corrected chi connectivity index (χ2v) is 9.51. The molecule has 0 saturated carbocycles. The van der Waals surface area contributed by atoms with Crippen molar-refractivity contribution >= 4 is 21.6 Å². The minimum atomic E-state index is -4.48. The average molecular weight is 413 g/mol. The molecular formula is C18H18F3N3O3S. The standard InChI is InChI=1S/C18H18F3N3O3S/c1-10-16-14(11-3-2-4-12(7-11)18(19,20)21)8-15(25)22-17(16)24(23-10)13-5-6-28(26,27)9-13/h2-4,7,13-14H,5-6,8-9H2,1H3,(H,22,25)/t13-,14+/m0/s1. The monoisotopic (exact) mass is 413 g/mol. The van der Waals surface area contributed by atoms with Crippen molar-refractivity contribution < 1.29 is 26.4 Å². The number of anilines is 1. The molecular weight excluding hydrogens is 395 g/mol. The van der Waals surface area contributed by atoms with Crippen molar-refractivity contribution in [2.24, 2.45) is 0 Å². The maximum atomic E-state index is 13.1. The van der Waals surface area contributed by atoms with Gasteiger partial charge in [-0.1, -0.05) is 18.2 Å². The smallest absolute Gasteiger partial charge is 0.311 e. The zero-order valence-corrected chi connectivity index (χ0v) is 15.8. The molecule has 3 heterocycles.